The molecule has 0 aromatic rings. The molecule has 3 aliphatic rings. The quantitative estimate of drug-likeness (QED) is 0.580. The molecule has 136 valence electrons. The van der Waals surface area contributed by atoms with E-state index in [1.165, 1.54) is 57.8 Å². The van der Waals surface area contributed by atoms with Gasteiger partial charge in [0.1, 0.15) is 0 Å². The summed E-state index contributed by atoms with van der Waals surface area (Å²) in [7, 11) is 0. The number of rotatable bonds is 0. The third-order valence-corrected chi connectivity index (χ3v) is 3.23. The lowest BCUT2D eigenvalue weighted by molar-refractivity contribution is 0.0967. The van der Waals surface area contributed by atoms with Gasteiger partial charge in [0.05, 0.1) is 0 Å². The number of ether oxygens (including phenoxy) is 3. The first kappa shape index (κ1) is 24.1. The summed E-state index contributed by atoms with van der Waals surface area (Å²) >= 11 is 0. The van der Waals surface area contributed by atoms with Gasteiger partial charge in [-0.15, -0.1) is 0 Å². The minimum atomic E-state index is 1.00. The molecule has 3 saturated heterocycles. The molecule has 3 aliphatic heterocycles. The van der Waals surface area contributed by atoms with Gasteiger partial charge in [-0.1, -0.05) is 27.7 Å². The van der Waals surface area contributed by atoms with Gasteiger partial charge < -0.3 is 14.2 Å². The second-order valence-electron chi connectivity index (χ2n) is 5.02. The third-order valence-electron chi connectivity index (χ3n) is 3.23. The lowest BCUT2D eigenvalue weighted by atomic mass is 10.2. The molecule has 0 atom stereocenters. The van der Waals surface area contributed by atoms with Crippen LogP contribution in [0.15, 0.2) is 0 Å². The lowest BCUT2D eigenvalue weighted by Gasteiger charge is -2.08. The molecule has 0 aromatic carbocycles. The molecule has 0 aliphatic carbocycles. The standard InChI is InChI=1S/3C5H10O.2C2H6/c3*1-2-4-6-5-3-1;2*1-2/h3*1-5H2;2*1-2H3. The van der Waals surface area contributed by atoms with Crippen molar-refractivity contribution in [1.29, 1.82) is 0 Å². The topological polar surface area (TPSA) is 27.7 Å². The molecule has 22 heavy (non-hydrogen) atoms. The van der Waals surface area contributed by atoms with Gasteiger partial charge in [-0.05, 0) is 57.8 Å². The Morgan fingerprint density at radius 2 is 0.500 bits per heavy atom. The van der Waals surface area contributed by atoms with Crippen LogP contribution in [0.1, 0.15) is 85.5 Å². The van der Waals surface area contributed by atoms with Crippen molar-refractivity contribution in [2.75, 3.05) is 39.6 Å². The Bertz CT molecular complexity index is 87.7. The van der Waals surface area contributed by atoms with Crippen LogP contribution >= 0.6 is 0 Å². The zero-order valence-corrected chi connectivity index (χ0v) is 15.8. The van der Waals surface area contributed by atoms with E-state index in [1.807, 2.05) is 27.7 Å². The van der Waals surface area contributed by atoms with Gasteiger partial charge in [-0.3, -0.25) is 0 Å². The average molecular weight is 319 g/mol. The normalized spacial score (nSPS) is 20.2. The summed E-state index contributed by atoms with van der Waals surface area (Å²) in [6.07, 6.45) is 11.8. The Balaban J connectivity index is 0. The first-order chi connectivity index (χ1) is 11.0. The summed E-state index contributed by atoms with van der Waals surface area (Å²) in [4.78, 5) is 0. The molecule has 3 fully saturated rings. The van der Waals surface area contributed by atoms with Crippen molar-refractivity contribution in [3.63, 3.8) is 0 Å². The van der Waals surface area contributed by atoms with Crippen LogP contribution in [-0.2, 0) is 14.2 Å². The molecule has 3 heteroatoms. The van der Waals surface area contributed by atoms with Gasteiger partial charge in [-0.25, -0.2) is 0 Å². The van der Waals surface area contributed by atoms with E-state index in [1.54, 1.807) is 0 Å². The van der Waals surface area contributed by atoms with Gasteiger partial charge in [0, 0.05) is 39.6 Å². The molecule has 3 heterocycles. The van der Waals surface area contributed by atoms with Crippen molar-refractivity contribution in [2.45, 2.75) is 85.5 Å². The van der Waals surface area contributed by atoms with Gasteiger partial charge >= 0.3 is 0 Å². The average Bonchev–Trinajstić information content (AvgIpc) is 2.70. The first-order valence-corrected chi connectivity index (χ1v) is 9.73. The predicted octanol–water partition coefficient (Wildman–Crippen LogP) is 5.61. The zero-order valence-electron chi connectivity index (χ0n) is 15.8. The summed E-state index contributed by atoms with van der Waals surface area (Å²) in [6, 6.07) is 0. The SMILES string of the molecule is C1CCOCC1.C1CCOCC1.C1CCOCC1.CC.CC. The fourth-order valence-corrected chi connectivity index (χ4v) is 2.06. The Hall–Kier alpha value is -0.120. The molecule has 0 spiro atoms. The second kappa shape index (κ2) is 25.8. The fraction of sp³-hybridized carbons (Fsp3) is 1.00. The van der Waals surface area contributed by atoms with Crippen LogP contribution in [-0.4, -0.2) is 39.6 Å². The molecule has 0 amide bonds. The van der Waals surface area contributed by atoms with Crippen LogP contribution in [0.2, 0.25) is 0 Å². The Kier molecular flexibility index (Phi) is 28.3. The van der Waals surface area contributed by atoms with E-state index >= 15 is 0 Å². The van der Waals surface area contributed by atoms with E-state index < -0.39 is 0 Å². The monoisotopic (exact) mass is 318 g/mol. The van der Waals surface area contributed by atoms with Crippen molar-refractivity contribution in [3.05, 3.63) is 0 Å². The van der Waals surface area contributed by atoms with E-state index in [4.69, 9.17) is 14.2 Å². The maximum absolute atomic E-state index is 5.07. The van der Waals surface area contributed by atoms with Crippen LogP contribution in [0.3, 0.4) is 0 Å². The lowest BCUT2D eigenvalue weighted by Crippen LogP contribution is -2.03. The van der Waals surface area contributed by atoms with Crippen LogP contribution in [0.4, 0.5) is 0 Å². The van der Waals surface area contributed by atoms with Crippen molar-refractivity contribution in [3.8, 4) is 0 Å². The van der Waals surface area contributed by atoms with Gasteiger partial charge in [0.2, 0.25) is 0 Å². The zero-order chi connectivity index (χ0) is 16.7. The molecular formula is C19H42O3. The van der Waals surface area contributed by atoms with E-state index in [-0.39, 0.29) is 0 Å². The molecule has 0 saturated carbocycles. The maximum atomic E-state index is 5.07. The summed E-state index contributed by atoms with van der Waals surface area (Å²) in [6.45, 7) is 14.0. The predicted molar refractivity (Wildman–Crippen MR) is 96.7 cm³/mol. The summed E-state index contributed by atoms with van der Waals surface area (Å²) in [5.74, 6) is 0. The van der Waals surface area contributed by atoms with E-state index in [9.17, 15) is 0 Å². The summed E-state index contributed by atoms with van der Waals surface area (Å²) < 4.78 is 15.2. The maximum Gasteiger partial charge on any atom is 0.0466 e. The highest BCUT2D eigenvalue weighted by molar-refractivity contribution is 4.46. The van der Waals surface area contributed by atoms with Gasteiger partial charge in [-0.2, -0.15) is 0 Å². The van der Waals surface area contributed by atoms with E-state index in [0.29, 0.717) is 0 Å². The van der Waals surface area contributed by atoms with Crippen molar-refractivity contribution < 1.29 is 14.2 Å². The van der Waals surface area contributed by atoms with Crippen molar-refractivity contribution >= 4 is 0 Å². The molecule has 3 rings (SSSR count). The van der Waals surface area contributed by atoms with Crippen LogP contribution in [0.5, 0.6) is 0 Å². The van der Waals surface area contributed by atoms with E-state index in [2.05, 4.69) is 0 Å². The Labute approximate surface area is 140 Å². The van der Waals surface area contributed by atoms with Crippen LogP contribution in [0.25, 0.3) is 0 Å². The molecule has 0 aromatic heterocycles. The minimum Gasteiger partial charge on any atom is -0.381 e. The highest BCUT2D eigenvalue weighted by Crippen LogP contribution is 2.03. The highest BCUT2D eigenvalue weighted by atomic mass is 16.5. The highest BCUT2D eigenvalue weighted by Gasteiger charge is 1.96. The third kappa shape index (κ3) is 22.2. The van der Waals surface area contributed by atoms with Crippen LogP contribution in [0, 0.1) is 0 Å². The molecule has 0 unspecified atom stereocenters. The largest absolute Gasteiger partial charge is 0.381 e. The Morgan fingerprint density at radius 1 is 0.318 bits per heavy atom. The van der Waals surface area contributed by atoms with E-state index in [0.717, 1.165) is 39.6 Å². The molecule has 3 nitrogen and oxygen atoms in total. The smallest absolute Gasteiger partial charge is 0.0466 e. The molecule has 0 radical (unpaired) electrons. The summed E-state index contributed by atoms with van der Waals surface area (Å²) in [5, 5.41) is 0. The number of hydrogen-bond donors (Lipinski definition) is 0. The summed E-state index contributed by atoms with van der Waals surface area (Å²) in [5.41, 5.74) is 0. The van der Waals surface area contributed by atoms with Crippen molar-refractivity contribution in [1.82, 2.24) is 0 Å². The molecular weight excluding hydrogens is 276 g/mol. The molecule has 0 bridgehead atoms. The van der Waals surface area contributed by atoms with Crippen molar-refractivity contribution in [2.24, 2.45) is 0 Å². The van der Waals surface area contributed by atoms with Gasteiger partial charge in [0.15, 0.2) is 0 Å². The second-order valence-corrected chi connectivity index (χ2v) is 5.02. The fourth-order valence-electron chi connectivity index (χ4n) is 2.06. The Morgan fingerprint density at radius 3 is 0.545 bits per heavy atom. The van der Waals surface area contributed by atoms with Crippen LogP contribution < -0.4 is 0 Å². The number of hydrogen-bond acceptors (Lipinski definition) is 3. The van der Waals surface area contributed by atoms with Gasteiger partial charge in [0.25, 0.3) is 0 Å². The minimum absolute atomic E-state index is 1.00. The first-order valence-electron chi connectivity index (χ1n) is 9.73. The molecule has 0 N–H and O–H groups in total.